The fraction of sp³-hybridized carbons (Fsp3) is 0.267. The maximum absolute atomic E-state index is 13.5. The molecule has 1 aromatic carbocycles. The standard InChI is InChI=1S/C15H14ClFOS/c16-14-7-2-8-15(17)13(14)10-11(18)4-1-5-12-6-3-9-19-12/h2-3,6-9H,1,4-5,10H2. The number of halogens is 2. The Labute approximate surface area is 121 Å². The Morgan fingerprint density at radius 2 is 2.11 bits per heavy atom. The van der Waals surface area contributed by atoms with Crippen LogP contribution in [-0.2, 0) is 17.6 Å². The lowest BCUT2D eigenvalue weighted by Gasteiger charge is -2.05. The van der Waals surface area contributed by atoms with Gasteiger partial charge in [0.15, 0.2) is 0 Å². The molecule has 2 aromatic rings. The summed E-state index contributed by atoms with van der Waals surface area (Å²) in [4.78, 5) is 13.1. The van der Waals surface area contributed by atoms with Crippen LogP contribution >= 0.6 is 22.9 Å². The molecule has 0 radical (unpaired) electrons. The molecule has 0 spiro atoms. The molecule has 1 nitrogen and oxygen atoms in total. The van der Waals surface area contributed by atoms with E-state index in [0.717, 1.165) is 12.8 Å². The van der Waals surface area contributed by atoms with Crippen LogP contribution in [0.3, 0.4) is 0 Å². The highest BCUT2D eigenvalue weighted by Gasteiger charge is 2.11. The van der Waals surface area contributed by atoms with Crippen molar-refractivity contribution >= 4 is 28.7 Å². The van der Waals surface area contributed by atoms with E-state index < -0.39 is 5.82 Å². The minimum atomic E-state index is -0.404. The van der Waals surface area contributed by atoms with Crippen molar-refractivity contribution in [2.24, 2.45) is 0 Å². The molecule has 4 heteroatoms. The number of hydrogen-bond acceptors (Lipinski definition) is 2. The van der Waals surface area contributed by atoms with Gasteiger partial charge >= 0.3 is 0 Å². The Morgan fingerprint density at radius 3 is 2.79 bits per heavy atom. The minimum absolute atomic E-state index is 0.0311. The van der Waals surface area contributed by atoms with Crippen LogP contribution in [0.2, 0.25) is 5.02 Å². The third-order valence-corrected chi connectivity index (χ3v) is 4.18. The highest BCUT2D eigenvalue weighted by atomic mass is 35.5. The molecule has 19 heavy (non-hydrogen) atoms. The van der Waals surface area contributed by atoms with Crippen LogP contribution in [0.5, 0.6) is 0 Å². The van der Waals surface area contributed by atoms with Crippen molar-refractivity contribution in [3.63, 3.8) is 0 Å². The maximum Gasteiger partial charge on any atom is 0.137 e. The Morgan fingerprint density at radius 1 is 1.26 bits per heavy atom. The van der Waals surface area contributed by atoms with Gasteiger partial charge in [-0.05, 0) is 36.4 Å². The molecule has 100 valence electrons. The van der Waals surface area contributed by atoms with Gasteiger partial charge in [0.1, 0.15) is 11.6 Å². The smallest absolute Gasteiger partial charge is 0.137 e. The number of ketones is 1. The summed E-state index contributed by atoms with van der Waals surface area (Å²) < 4.78 is 13.5. The molecule has 1 heterocycles. The van der Waals surface area contributed by atoms with Gasteiger partial charge < -0.3 is 0 Å². The van der Waals surface area contributed by atoms with Crippen molar-refractivity contribution in [2.45, 2.75) is 25.7 Å². The van der Waals surface area contributed by atoms with Gasteiger partial charge in [0.2, 0.25) is 0 Å². The van der Waals surface area contributed by atoms with E-state index in [1.54, 1.807) is 23.5 Å². The van der Waals surface area contributed by atoms with Gasteiger partial charge in [0.25, 0.3) is 0 Å². The van der Waals surface area contributed by atoms with Crippen molar-refractivity contribution in [3.8, 4) is 0 Å². The van der Waals surface area contributed by atoms with Crippen molar-refractivity contribution in [1.82, 2.24) is 0 Å². The van der Waals surface area contributed by atoms with Crippen LogP contribution in [0.15, 0.2) is 35.7 Å². The molecule has 0 saturated heterocycles. The summed E-state index contributed by atoms with van der Waals surface area (Å²) >= 11 is 7.59. The topological polar surface area (TPSA) is 17.1 Å². The first-order valence-electron chi connectivity index (χ1n) is 6.14. The highest BCUT2D eigenvalue weighted by Crippen LogP contribution is 2.20. The molecule has 2 rings (SSSR count). The summed E-state index contributed by atoms with van der Waals surface area (Å²) in [6, 6.07) is 8.55. The first kappa shape index (κ1) is 14.2. The number of carbonyl (C=O) groups is 1. The van der Waals surface area contributed by atoms with Crippen molar-refractivity contribution in [2.75, 3.05) is 0 Å². The number of benzene rings is 1. The Balaban J connectivity index is 1.84. The lowest BCUT2D eigenvalue weighted by Crippen LogP contribution is -2.05. The zero-order chi connectivity index (χ0) is 13.7. The third-order valence-electron chi connectivity index (χ3n) is 2.89. The number of aryl methyl sites for hydroxylation is 1. The minimum Gasteiger partial charge on any atom is -0.299 e. The van der Waals surface area contributed by atoms with Gasteiger partial charge in [-0.25, -0.2) is 4.39 Å². The summed E-state index contributed by atoms with van der Waals surface area (Å²) in [6.45, 7) is 0. The summed E-state index contributed by atoms with van der Waals surface area (Å²) in [5.74, 6) is -0.373. The summed E-state index contributed by atoms with van der Waals surface area (Å²) in [6.07, 6.45) is 2.23. The van der Waals surface area contributed by atoms with Gasteiger partial charge in [-0.1, -0.05) is 23.7 Å². The van der Waals surface area contributed by atoms with Crippen molar-refractivity contribution < 1.29 is 9.18 Å². The summed E-state index contributed by atoms with van der Waals surface area (Å²) in [5, 5.41) is 2.35. The Kier molecular flexibility index (Phi) is 5.11. The molecule has 0 aliphatic carbocycles. The Bertz CT molecular complexity index is 531. The van der Waals surface area contributed by atoms with E-state index in [1.165, 1.54) is 10.9 Å². The zero-order valence-electron chi connectivity index (χ0n) is 10.4. The molecule has 0 saturated carbocycles. The molecule has 0 aliphatic heterocycles. The number of carbonyl (C=O) groups excluding carboxylic acids is 1. The monoisotopic (exact) mass is 296 g/mol. The first-order chi connectivity index (χ1) is 9.16. The second-order valence-corrected chi connectivity index (χ2v) is 5.79. The van der Waals surface area contributed by atoms with Crippen LogP contribution in [0.1, 0.15) is 23.3 Å². The van der Waals surface area contributed by atoms with Gasteiger partial charge in [0, 0.05) is 28.3 Å². The van der Waals surface area contributed by atoms with E-state index >= 15 is 0 Å². The molecule has 0 fully saturated rings. The molecule has 1 aromatic heterocycles. The van der Waals surface area contributed by atoms with E-state index in [4.69, 9.17) is 11.6 Å². The van der Waals surface area contributed by atoms with Crippen molar-refractivity contribution in [3.05, 3.63) is 57.0 Å². The number of thiophene rings is 1. The van der Waals surface area contributed by atoms with Gasteiger partial charge in [-0.15, -0.1) is 11.3 Å². The molecule has 0 atom stereocenters. The predicted octanol–water partition coefficient (Wildman–Crippen LogP) is 4.68. The maximum atomic E-state index is 13.5. The second kappa shape index (κ2) is 6.83. The molecule has 0 N–H and O–H groups in total. The van der Waals surface area contributed by atoms with Gasteiger partial charge in [-0.3, -0.25) is 4.79 Å². The fourth-order valence-corrected chi connectivity index (χ4v) is 2.88. The van der Waals surface area contributed by atoms with Crippen molar-refractivity contribution in [1.29, 1.82) is 0 Å². The zero-order valence-corrected chi connectivity index (χ0v) is 11.9. The molecule has 0 aliphatic rings. The van der Waals surface area contributed by atoms with Gasteiger partial charge in [0.05, 0.1) is 0 Å². The third kappa shape index (κ3) is 4.15. The van der Waals surface area contributed by atoms with Crippen LogP contribution in [-0.4, -0.2) is 5.78 Å². The molecule has 0 bridgehead atoms. The van der Waals surface area contributed by atoms with Crippen LogP contribution in [0.25, 0.3) is 0 Å². The largest absolute Gasteiger partial charge is 0.299 e. The normalized spacial score (nSPS) is 10.6. The molecular weight excluding hydrogens is 283 g/mol. The molecular formula is C15H14ClFOS. The number of hydrogen-bond donors (Lipinski definition) is 0. The number of Topliss-reactive ketones (excluding diaryl/α,β-unsaturated/α-hetero) is 1. The van der Waals surface area contributed by atoms with Crippen LogP contribution in [0, 0.1) is 5.82 Å². The average Bonchev–Trinajstić information content (AvgIpc) is 2.87. The second-order valence-electron chi connectivity index (χ2n) is 4.35. The van der Waals surface area contributed by atoms with Gasteiger partial charge in [-0.2, -0.15) is 0 Å². The summed E-state index contributed by atoms with van der Waals surface area (Å²) in [7, 11) is 0. The molecule has 0 amide bonds. The van der Waals surface area contributed by atoms with E-state index in [2.05, 4.69) is 6.07 Å². The van der Waals surface area contributed by atoms with E-state index in [9.17, 15) is 9.18 Å². The van der Waals surface area contributed by atoms with E-state index in [-0.39, 0.29) is 12.2 Å². The SMILES string of the molecule is O=C(CCCc1cccs1)Cc1c(F)cccc1Cl. The molecule has 0 unspecified atom stereocenters. The highest BCUT2D eigenvalue weighted by molar-refractivity contribution is 7.09. The average molecular weight is 297 g/mol. The van der Waals surface area contributed by atoms with Crippen LogP contribution < -0.4 is 0 Å². The number of rotatable bonds is 6. The lowest BCUT2D eigenvalue weighted by molar-refractivity contribution is -0.118. The Hall–Kier alpha value is -1.19. The van der Waals surface area contributed by atoms with E-state index in [0.29, 0.717) is 17.0 Å². The summed E-state index contributed by atoms with van der Waals surface area (Å²) in [5.41, 5.74) is 0.310. The lowest BCUT2D eigenvalue weighted by atomic mass is 10.0. The predicted molar refractivity (Wildman–Crippen MR) is 77.4 cm³/mol. The fourth-order valence-electron chi connectivity index (χ4n) is 1.90. The first-order valence-corrected chi connectivity index (χ1v) is 7.39. The quantitative estimate of drug-likeness (QED) is 0.757. The van der Waals surface area contributed by atoms with E-state index in [1.807, 2.05) is 11.4 Å². The van der Waals surface area contributed by atoms with Crippen LogP contribution in [0.4, 0.5) is 4.39 Å².